The fraction of sp³-hybridized carbons (Fsp3) is 0.714. The summed E-state index contributed by atoms with van der Waals surface area (Å²) >= 11 is 0. The lowest BCUT2D eigenvalue weighted by molar-refractivity contribution is 0.308. The first kappa shape index (κ1) is 8.63. The molecule has 0 bridgehead atoms. The fourth-order valence-electron chi connectivity index (χ4n) is 0.540. The Morgan fingerprint density at radius 3 is 2.56 bits per heavy atom. The minimum atomic E-state index is -1.16. The van der Waals surface area contributed by atoms with Gasteiger partial charge in [-0.1, -0.05) is 13.0 Å². The van der Waals surface area contributed by atoms with E-state index in [0.29, 0.717) is 12.3 Å². The van der Waals surface area contributed by atoms with Crippen molar-refractivity contribution in [3.05, 3.63) is 12.7 Å². The highest BCUT2D eigenvalue weighted by molar-refractivity contribution is 4.74. The smallest absolute Gasteiger partial charge is 0.148 e. The lowest BCUT2D eigenvalue weighted by Gasteiger charge is -2.04. The third kappa shape index (κ3) is 5.50. The zero-order valence-electron chi connectivity index (χ0n) is 5.81. The van der Waals surface area contributed by atoms with Gasteiger partial charge in [-0.05, 0) is 18.8 Å². The molecule has 0 radical (unpaired) electrons. The standard InChI is InChI=1S/C7H14FN/c1-3-6(2)4-5-7(8)9/h3,6-7H,1,4-5,9H2,2H3. The molecule has 2 heteroatoms. The summed E-state index contributed by atoms with van der Waals surface area (Å²) in [4.78, 5) is 0. The average Bonchev–Trinajstić information content (AvgIpc) is 1.83. The van der Waals surface area contributed by atoms with Gasteiger partial charge >= 0.3 is 0 Å². The third-order valence-corrected chi connectivity index (χ3v) is 1.30. The Kier molecular flexibility index (Phi) is 4.32. The van der Waals surface area contributed by atoms with Crippen LogP contribution in [0.15, 0.2) is 12.7 Å². The molecular formula is C7H14FN. The first-order valence-corrected chi connectivity index (χ1v) is 3.19. The highest BCUT2D eigenvalue weighted by Gasteiger charge is 2.00. The molecule has 0 aliphatic heterocycles. The Hall–Kier alpha value is -0.370. The van der Waals surface area contributed by atoms with Crippen molar-refractivity contribution in [1.82, 2.24) is 0 Å². The molecule has 0 saturated heterocycles. The van der Waals surface area contributed by atoms with E-state index in [1.54, 1.807) is 0 Å². The van der Waals surface area contributed by atoms with Gasteiger partial charge in [0.05, 0.1) is 0 Å². The quantitative estimate of drug-likeness (QED) is 0.457. The molecule has 0 heterocycles. The van der Waals surface area contributed by atoms with Gasteiger partial charge in [0.2, 0.25) is 0 Å². The van der Waals surface area contributed by atoms with E-state index in [4.69, 9.17) is 5.73 Å². The molecule has 0 saturated carbocycles. The van der Waals surface area contributed by atoms with E-state index in [9.17, 15) is 4.39 Å². The highest BCUT2D eigenvalue weighted by Crippen LogP contribution is 2.07. The summed E-state index contributed by atoms with van der Waals surface area (Å²) in [6, 6.07) is 0. The van der Waals surface area contributed by atoms with Crippen LogP contribution < -0.4 is 5.73 Å². The van der Waals surface area contributed by atoms with Crippen LogP contribution in [0.2, 0.25) is 0 Å². The minimum Gasteiger partial charge on any atom is -0.302 e. The molecule has 0 aromatic carbocycles. The second-order valence-electron chi connectivity index (χ2n) is 2.31. The van der Waals surface area contributed by atoms with Crippen LogP contribution in [0.5, 0.6) is 0 Å². The van der Waals surface area contributed by atoms with Crippen LogP contribution in [0, 0.1) is 5.92 Å². The van der Waals surface area contributed by atoms with E-state index in [-0.39, 0.29) is 0 Å². The van der Waals surface area contributed by atoms with E-state index in [1.807, 2.05) is 13.0 Å². The molecule has 9 heavy (non-hydrogen) atoms. The van der Waals surface area contributed by atoms with Crippen LogP contribution >= 0.6 is 0 Å². The Labute approximate surface area is 55.7 Å². The number of allylic oxidation sites excluding steroid dienone is 1. The molecule has 54 valence electrons. The van der Waals surface area contributed by atoms with Crippen molar-refractivity contribution < 1.29 is 4.39 Å². The number of alkyl halides is 1. The molecule has 0 aliphatic rings. The number of hydrogen-bond donors (Lipinski definition) is 1. The van der Waals surface area contributed by atoms with Gasteiger partial charge in [-0.2, -0.15) is 0 Å². The maximum Gasteiger partial charge on any atom is 0.148 e. The van der Waals surface area contributed by atoms with Gasteiger partial charge in [0.25, 0.3) is 0 Å². The Morgan fingerprint density at radius 2 is 2.22 bits per heavy atom. The first-order chi connectivity index (χ1) is 4.16. The van der Waals surface area contributed by atoms with E-state index in [2.05, 4.69) is 6.58 Å². The number of nitrogens with two attached hydrogens (primary N) is 1. The molecular weight excluding hydrogens is 117 g/mol. The second kappa shape index (κ2) is 4.50. The lowest BCUT2D eigenvalue weighted by Crippen LogP contribution is -2.13. The van der Waals surface area contributed by atoms with E-state index in [1.165, 1.54) is 0 Å². The van der Waals surface area contributed by atoms with Gasteiger partial charge in [-0.3, -0.25) is 0 Å². The van der Waals surface area contributed by atoms with Crippen molar-refractivity contribution >= 4 is 0 Å². The molecule has 0 aromatic heterocycles. The fourth-order valence-corrected chi connectivity index (χ4v) is 0.540. The summed E-state index contributed by atoms with van der Waals surface area (Å²) in [6.45, 7) is 5.57. The molecule has 0 rings (SSSR count). The predicted octanol–water partition coefficient (Wildman–Crippen LogP) is 1.84. The number of rotatable bonds is 4. The van der Waals surface area contributed by atoms with Crippen molar-refractivity contribution in [1.29, 1.82) is 0 Å². The van der Waals surface area contributed by atoms with Crippen LogP contribution in [0.1, 0.15) is 19.8 Å². The van der Waals surface area contributed by atoms with E-state index < -0.39 is 6.30 Å². The van der Waals surface area contributed by atoms with Crippen LogP contribution in [-0.2, 0) is 0 Å². The average molecular weight is 131 g/mol. The molecule has 1 nitrogen and oxygen atoms in total. The van der Waals surface area contributed by atoms with Gasteiger partial charge in [-0.15, -0.1) is 6.58 Å². The Bertz CT molecular complexity index is 81.0. The van der Waals surface area contributed by atoms with Gasteiger partial charge in [0, 0.05) is 0 Å². The Morgan fingerprint density at radius 1 is 1.67 bits per heavy atom. The van der Waals surface area contributed by atoms with Crippen LogP contribution in [0.4, 0.5) is 4.39 Å². The van der Waals surface area contributed by atoms with Gasteiger partial charge < -0.3 is 5.73 Å². The van der Waals surface area contributed by atoms with Gasteiger partial charge in [0.1, 0.15) is 6.30 Å². The molecule has 0 fully saturated rings. The molecule has 2 unspecified atom stereocenters. The zero-order valence-corrected chi connectivity index (χ0v) is 5.81. The largest absolute Gasteiger partial charge is 0.302 e. The summed E-state index contributed by atoms with van der Waals surface area (Å²) < 4.78 is 11.9. The summed E-state index contributed by atoms with van der Waals surface area (Å²) in [5, 5.41) is 0. The van der Waals surface area contributed by atoms with Gasteiger partial charge in [-0.25, -0.2) is 4.39 Å². The van der Waals surface area contributed by atoms with Crippen LogP contribution in [-0.4, -0.2) is 6.30 Å². The van der Waals surface area contributed by atoms with Crippen molar-refractivity contribution in [2.45, 2.75) is 26.1 Å². The second-order valence-corrected chi connectivity index (χ2v) is 2.31. The first-order valence-electron chi connectivity index (χ1n) is 3.19. The molecule has 0 aliphatic carbocycles. The van der Waals surface area contributed by atoms with Crippen molar-refractivity contribution in [2.75, 3.05) is 0 Å². The maximum absolute atomic E-state index is 11.9. The summed E-state index contributed by atoms with van der Waals surface area (Å²) in [5.74, 6) is 0.381. The topological polar surface area (TPSA) is 26.0 Å². The van der Waals surface area contributed by atoms with Crippen LogP contribution in [0.3, 0.4) is 0 Å². The SMILES string of the molecule is C=CC(C)CCC(N)F. The molecule has 0 amide bonds. The third-order valence-electron chi connectivity index (χ3n) is 1.30. The monoisotopic (exact) mass is 131 g/mol. The zero-order chi connectivity index (χ0) is 7.28. The Balaban J connectivity index is 3.16. The van der Waals surface area contributed by atoms with E-state index in [0.717, 1.165) is 6.42 Å². The summed E-state index contributed by atoms with van der Waals surface area (Å²) in [5.41, 5.74) is 4.89. The lowest BCUT2D eigenvalue weighted by atomic mass is 10.1. The van der Waals surface area contributed by atoms with Crippen molar-refractivity contribution in [3.8, 4) is 0 Å². The highest BCUT2D eigenvalue weighted by atomic mass is 19.1. The van der Waals surface area contributed by atoms with Crippen LogP contribution in [0.25, 0.3) is 0 Å². The molecule has 2 N–H and O–H groups in total. The molecule has 0 spiro atoms. The van der Waals surface area contributed by atoms with Crippen molar-refractivity contribution in [3.63, 3.8) is 0 Å². The number of halogens is 1. The summed E-state index contributed by atoms with van der Waals surface area (Å²) in [6.07, 6.45) is 1.88. The van der Waals surface area contributed by atoms with Gasteiger partial charge in [0.15, 0.2) is 0 Å². The summed E-state index contributed by atoms with van der Waals surface area (Å²) in [7, 11) is 0. The van der Waals surface area contributed by atoms with Crippen molar-refractivity contribution in [2.24, 2.45) is 11.7 Å². The van der Waals surface area contributed by atoms with E-state index >= 15 is 0 Å². The normalized spacial score (nSPS) is 16.8. The maximum atomic E-state index is 11.9. The number of hydrogen-bond acceptors (Lipinski definition) is 1. The predicted molar refractivity (Wildman–Crippen MR) is 37.7 cm³/mol. The molecule has 0 aromatic rings. The minimum absolute atomic E-state index is 0.381. The molecule has 2 atom stereocenters.